The quantitative estimate of drug-likeness (QED) is 0.891. The maximum Gasteiger partial charge on any atom is 0.226 e. The Morgan fingerprint density at radius 2 is 1.94 bits per heavy atom. The van der Waals surface area contributed by atoms with Gasteiger partial charge in [0.2, 0.25) is 5.95 Å². The van der Waals surface area contributed by atoms with Gasteiger partial charge in [-0.05, 0) is 25.1 Å². The fraction of sp³-hybridized carbons (Fsp3) is 0.308. The molecule has 2 aromatic heterocycles. The Balaban J connectivity index is 2.12. The second-order valence-corrected chi connectivity index (χ2v) is 4.26. The number of anilines is 2. The van der Waals surface area contributed by atoms with E-state index in [0.717, 1.165) is 11.5 Å². The smallest absolute Gasteiger partial charge is 0.226 e. The van der Waals surface area contributed by atoms with Gasteiger partial charge in [-0.2, -0.15) is 4.98 Å². The lowest BCUT2D eigenvalue weighted by atomic mass is 10.2. The van der Waals surface area contributed by atoms with Gasteiger partial charge >= 0.3 is 0 Å². The Hall–Kier alpha value is -2.17. The molecule has 0 aliphatic carbocycles. The van der Waals surface area contributed by atoms with Crippen LogP contribution >= 0.6 is 0 Å². The second kappa shape index (κ2) is 5.44. The average Bonchev–Trinajstić information content (AvgIpc) is 2.40. The standard InChI is InChI=1S/C13H17N5/c1-10(11-6-4-5-8-14-11)16-12-7-9-15-13(17-12)18(2)3/h4-10H,1-3H3,(H,15,16,17). The van der Waals surface area contributed by atoms with Crippen LogP contribution in [0, 0.1) is 0 Å². The summed E-state index contributed by atoms with van der Waals surface area (Å²) in [7, 11) is 3.84. The molecule has 0 amide bonds. The van der Waals surface area contributed by atoms with Crippen LogP contribution in [-0.4, -0.2) is 29.0 Å². The van der Waals surface area contributed by atoms with Crippen molar-refractivity contribution in [2.45, 2.75) is 13.0 Å². The Morgan fingerprint density at radius 1 is 1.11 bits per heavy atom. The predicted molar refractivity (Wildman–Crippen MR) is 72.6 cm³/mol. The first-order valence-electron chi connectivity index (χ1n) is 5.84. The highest BCUT2D eigenvalue weighted by Crippen LogP contribution is 2.16. The third-order valence-electron chi connectivity index (χ3n) is 2.54. The molecule has 0 saturated heterocycles. The largest absolute Gasteiger partial charge is 0.362 e. The fourth-order valence-corrected chi connectivity index (χ4v) is 1.57. The molecule has 0 aromatic carbocycles. The molecule has 0 fully saturated rings. The lowest BCUT2D eigenvalue weighted by Crippen LogP contribution is -2.15. The molecule has 5 heteroatoms. The zero-order valence-electron chi connectivity index (χ0n) is 10.8. The summed E-state index contributed by atoms with van der Waals surface area (Å²) in [6.45, 7) is 2.06. The highest BCUT2D eigenvalue weighted by Gasteiger charge is 2.07. The Morgan fingerprint density at radius 3 is 2.61 bits per heavy atom. The van der Waals surface area contributed by atoms with Gasteiger partial charge in [-0.25, -0.2) is 4.98 Å². The van der Waals surface area contributed by atoms with Crippen LogP contribution in [0.4, 0.5) is 11.8 Å². The first kappa shape index (κ1) is 12.3. The number of hydrogen-bond donors (Lipinski definition) is 1. The van der Waals surface area contributed by atoms with Gasteiger partial charge in [0.05, 0.1) is 11.7 Å². The molecule has 0 bridgehead atoms. The number of hydrogen-bond acceptors (Lipinski definition) is 5. The molecule has 5 nitrogen and oxygen atoms in total. The van der Waals surface area contributed by atoms with Crippen molar-refractivity contribution < 1.29 is 0 Å². The summed E-state index contributed by atoms with van der Waals surface area (Å²) in [5.74, 6) is 1.49. The topological polar surface area (TPSA) is 53.9 Å². The summed E-state index contributed by atoms with van der Waals surface area (Å²) in [6.07, 6.45) is 3.54. The van der Waals surface area contributed by atoms with Crippen molar-refractivity contribution in [3.05, 3.63) is 42.4 Å². The van der Waals surface area contributed by atoms with Crippen molar-refractivity contribution in [1.82, 2.24) is 15.0 Å². The molecular weight excluding hydrogens is 226 g/mol. The first-order valence-corrected chi connectivity index (χ1v) is 5.84. The molecule has 0 aliphatic heterocycles. The summed E-state index contributed by atoms with van der Waals surface area (Å²) >= 11 is 0. The molecule has 2 aromatic rings. The SMILES string of the molecule is CC(Nc1ccnc(N(C)C)n1)c1ccccn1. The van der Waals surface area contributed by atoms with E-state index in [0.29, 0.717) is 5.95 Å². The van der Waals surface area contributed by atoms with Gasteiger partial charge in [-0.15, -0.1) is 0 Å². The summed E-state index contributed by atoms with van der Waals surface area (Å²) in [6, 6.07) is 7.84. The van der Waals surface area contributed by atoms with Crippen molar-refractivity contribution in [3.8, 4) is 0 Å². The van der Waals surface area contributed by atoms with E-state index in [4.69, 9.17) is 0 Å². The Bertz CT molecular complexity index is 498. The second-order valence-electron chi connectivity index (χ2n) is 4.26. The van der Waals surface area contributed by atoms with Crippen LogP contribution in [-0.2, 0) is 0 Å². The van der Waals surface area contributed by atoms with Crippen LogP contribution in [0.15, 0.2) is 36.7 Å². The van der Waals surface area contributed by atoms with Gasteiger partial charge in [-0.1, -0.05) is 6.07 Å². The van der Waals surface area contributed by atoms with Gasteiger partial charge < -0.3 is 10.2 Å². The highest BCUT2D eigenvalue weighted by molar-refractivity contribution is 5.41. The summed E-state index contributed by atoms with van der Waals surface area (Å²) < 4.78 is 0. The third-order valence-corrected chi connectivity index (χ3v) is 2.54. The minimum atomic E-state index is 0.108. The van der Waals surface area contributed by atoms with E-state index in [1.165, 1.54) is 0 Å². The van der Waals surface area contributed by atoms with E-state index in [1.807, 2.05) is 43.3 Å². The maximum absolute atomic E-state index is 4.41. The molecule has 18 heavy (non-hydrogen) atoms. The maximum atomic E-state index is 4.41. The molecule has 0 radical (unpaired) electrons. The minimum Gasteiger partial charge on any atom is -0.362 e. The molecule has 0 spiro atoms. The first-order chi connectivity index (χ1) is 8.66. The van der Waals surface area contributed by atoms with Gasteiger partial charge in [0.15, 0.2) is 0 Å². The Labute approximate surface area is 107 Å². The lowest BCUT2D eigenvalue weighted by molar-refractivity contribution is 0.828. The van der Waals surface area contributed by atoms with Gasteiger partial charge in [0.1, 0.15) is 5.82 Å². The summed E-state index contributed by atoms with van der Waals surface area (Å²) in [4.78, 5) is 14.8. The van der Waals surface area contributed by atoms with Crippen LogP contribution in [0.1, 0.15) is 18.7 Å². The number of nitrogens with one attached hydrogen (secondary N) is 1. The van der Waals surface area contributed by atoms with E-state index in [-0.39, 0.29) is 6.04 Å². The zero-order chi connectivity index (χ0) is 13.0. The number of aromatic nitrogens is 3. The van der Waals surface area contributed by atoms with E-state index in [1.54, 1.807) is 12.4 Å². The number of nitrogens with zero attached hydrogens (tertiary/aromatic N) is 4. The molecule has 1 unspecified atom stereocenters. The van der Waals surface area contributed by atoms with E-state index < -0.39 is 0 Å². The minimum absolute atomic E-state index is 0.108. The van der Waals surface area contributed by atoms with Crippen molar-refractivity contribution in [3.63, 3.8) is 0 Å². The van der Waals surface area contributed by atoms with Gasteiger partial charge in [0, 0.05) is 26.5 Å². The van der Waals surface area contributed by atoms with Gasteiger partial charge in [-0.3, -0.25) is 4.98 Å². The molecular formula is C13H17N5. The van der Waals surface area contributed by atoms with Crippen LogP contribution in [0.25, 0.3) is 0 Å². The van der Waals surface area contributed by atoms with E-state index >= 15 is 0 Å². The molecule has 94 valence electrons. The third kappa shape index (κ3) is 2.94. The average molecular weight is 243 g/mol. The molecule has 2 heterocycles. The number of rotatable bonds is 4. The van der Waals surface area contributed by atoms with Crippen molar-refractivity contribution in [2.24, 2.45) is 0 Å². The van der Waals surface area contributed by atoms with Gasteiger partial charge in [0.25, 0.3) is 0 Å². The molecule has 2 rings (SSSR count). The Kier molecular flexibility index (Phi) is 3.72. The van der Waals surface area contributed by atoms with Crippen LogP contribution < -0.4 is 10.2 Å². The van der Waals surface area contributed by atoms with E-state index in [9.17, 15) is 0 Å². The van der Waals surface area contributed by atoms with E-state index in [2.05, 4.69) is 27.2 Å². The normalized spacial score (nSPS) is 11.9. The van der Waals surface area contributed by atoms with Crippen LogP contribution in [0.2, 0.25) is 0 Å². The zero-order valence-corrected chi connectivity index (χ0v) is 10.8. The predicted octanol–water partition coefficient (Wildman–Crippen LogP) is 2.11. The fourth-order valence-electron chi connectivity index (χ4n) is 1.57. The van der Waals surface area contributed by atoms with Crippen molar-refractivity contribution in [1.29, 1.82) is 0 Å². The summed E-state index contributed by atoms with van der Waals surface area (Å²) in [5, 5.41) is 3.31. The molecule has 1 atom stereocenters. The number of pyridine rings is 1. The highest BCUT2D eigenvalue weighted by atomic mass is 15.2. The van der Waals surface area contributed by atoms with Crippen molar-refractivity contribution >= 4 is 11.8 Å². The lowest BCUT2D eigenvalue weighted by Gasteiger charge is -2.15. The molecule has 0 aliphatic rings. The van der Waals surface area contributed by atoms with Crippen molar-refractivity contribution in [2.75, 3.05) is 24.3 Å². The molecule has 1 N–H and O–H groups in total. The summed E-state index contributed by atoms with van der Waals surface area (Å²) in [5.41, 5.74) is 0.988. The molecule has 0 saturated carbocycles. The monoisotopic (exact) mass is 243 g/mol. The van der Waals surface area contributed by atoms with Crippen LogP contribution in [0.5, 0.6) is 0 Å². The van der Waals surface area contributed by atoms with Crippen LogP contribution in [0.3, 0.4) is 0 Å².